The molecule has 4 rings (SSSR count). The minimum Gasteiger partial charge on any atom is -0.481 e. The van der Waals surface area contributed by atoms with Crippen molar-refractivity contribution in [2.45, 2.75) is 31.9 Å². The Bertz CT molecular complexity index is 907. The highest BCUT2D eigenvalue weighted by atomic mass is 16.5. The van der Waals surface area contributed by atoms with E-state index in [-0.39, 0.29) is 12.1 Å². The second-order valence-corrected chi connectivity index (χ2v) is 6.82. The Hall–Kier alpha value is -2.73. The van der Waals surface area contributed by atoms with Gasteiger partial charge in [0.15, 0.2) is 5.82 Å². The van der Waals surface area contributed by atoms with E-state index < -0.39 is 0 Å². The normalized spacial score (nSPS) is 20.4. The molecule has 1 saturated carbocycles. The predicted molar refractivity (Wildman–Crippen MR) is 100 cm³/mol. The van der Waals surface area contributed by atoms with Gasteiger partial charge < -0.3 is 15.2 Å². The first-order valence-electron chi connectivity index (χ1n) is 8.82. The number of hydrogen-bond donors (Lipinski definition) is 2. The van der Waals surface area contributed by atoms with Gasteiger partial charge in [-0.3, -0.25) is 0 Å². The molecule has 6 nitrogen and oxygen atoms in total. The van der Waals surface area contributed by atoms with Gasteiger partial charge in [0.1, 0.15) is 0 Å². The SMILES string of the molecule is COc1ccc([C@H](Nc2nnc(C)c3ccccc23)C2CC(O)C2)cn1. The summed E-state index contributed by atoms with van der Waals surface area (Å²) in [5.41, 5.74) is 1.96. The highest BCUT2D eigenvalue weighted by Gasteiger charge is 2.35. The lowest BCUT2D eigenvalue weighted by molar-refractivity contribution is 0.0339. The molecule has 134 valence electrons. The fourth-order valence-electron chi connectivity index (χ4n) is 3.56. The Labute approximate surface area is 152 Å². The second-order valence-electron chi connectivity index (χ2n) is 6.82. The van der Waals surface area contributed by atoms with Crippen molar-refractivity contribution in [1.82, 2.24) is 15.2 Å². The minimum absolute atomic E-state index is 0.0113. The molecule has 0 saturated heterocycles. The summed E-state index contributed by atoms with van der Waals surface area (Å²) < 4.78 is 5.16. The van der Waals surface area contributed by atoms with Crippen molar-refractivity contribution in [2.24, 2.45) is 5.92 Å². The monoisotopic (exact) mass is 350 g/mol. The number of hydrogen-bond acceptors (Lipinski definition) is 6. The molecule has 2 heterocycles. The fraction of sp³-hybridized carbons (Fsp3) is 0.350. The van der Waals surface area contributed by atoms with E-state index in [0.29, 0.717) is 11.8 Å². The van der Waals surface area contributed by atoms with Crippen molar-refractivity contribution in [3.8, 4) is 5.88 Å². The van der Waals surface area contributed by atoms with E-state index in [4.69, 9.17) is 4.74 Å². The molecule has 1 aromatic carbocycles. The third-order valence-electron chi connectivity index (χ3n) is 5.11. The first kappa shape index (κ1) is 16.7. The number of aliphatic hydroxyl groups excluding tert-OH is 1. The Morgan fingerprint density at radius 1 is 1.12 bits per heavy atom. The van der Waals surface area contributed by atoms with Gasteiger partial charge in [-0.2, -0.15) is 5.10 Å². The summed E-state index contributed by atoms with van der Waals surface area (Å²) in [5.74, 6) is 1.66. The van der Waals surface area contributed by atoms with Crippen LogP contribution in [-0.2, 0) is 0 Å². The predicted octanol–water partition coefficient (Wildman–Crippen LogP) is 3.27. The van der Waals surface area contributed by atoms with Crippen LogP contribution in [0.3, 0.4) is 0 Å². The van der Waals surface area contributed by atoms with Gasteiger partial charge >= 0.3 is 0 Å². The second kappa shape index (κ2) is 6.88. The third kappa shape index (κ3) is 3.08. The zero-order valence-electron chi connectivity index (χ0n) is 14.9. The van der Waals surface area contributed by atoms with E-state index >= 15 is 0 Å². The number of aryl methyl sites for hydroxylation is 1. The van der Waals surface area contributed by atoms with Crippen LogP contribution >= 0.6 is 0 Å². The maximum absolute atomic E-state index is 9.78. The number of aromatic nitrogens is 3. The molecule has 1 aliphatic rings. The van der Waals surface area contributed by atoms with Crippen molar-refractivity contribution < 1.29 is 9.84 Å². The van der Waals surface area contributed by atoms with E-state index in [9.17, 15) is 5.11 Å². The van der Waals surface area contributed by atoms with Crippen LogP contribution in [0.2, 0.25) is 0 Å². The lowest BCUT2D eigenvalue weighted by atomic mass is 9.75. The van der Waals surface area contributed by atoms with Gasteiger partial charge in [0.05, 0.1) is 24.9 Å². The van der Waals surface area contributed by atoms with Gasteiger partial charge in [-0.1, -0.05) is 30.3 Å². The molecule has 0 aliphatic heterocycles. The van der Waals surface area contributed by atoms with E-state index in [1.165, 1.54) is 0 Å². The molecule has 3 aromatic rings. The van der Waals surface area contributed by atoms with Crippen LogP contribution in [0.4, 0.5) is 5.82 Å². The molecular weight excluding hydrogens is 328 g/mol. The zero-order valence-corrected chi connectivity index (χ0v) is 14.9. The summed E-state index contributed by atoms with van der Waals surface area (Å²) in [5, 5.41) is 24.2. The van der Waals surface area contributed by atoms with Crippen molar-refractivity contribution in [1.29, 1.82) is 0 Å². The number of aliphatic hydroxyl groups is 1. The number of methoxy groups -OCH3 is 1. The largest absolute Gasteiger partial charge is 0.481 e. The highest BCUT2D eigenvalue weighted by molar-refractivity contribution is 5.93. The summed E-state index contributed by atoms with van der Waals surface area (Å²) in [7, 11) is 1.61. The van der Waals surface area contributed by atoms with Crippen molar-refractivity contribution in [3.63, 3.8) is 0 Å². The topological polar surface area (TPSA) is 80.2 Å². The summed E-state index contributed by atoms with van der Waals surface area (Å²) in [4.78, 5) is 4.34. The Morgan fingerprint density at radius 2 is 1.88 bits per heavy atom. The lowest BCUT2D eigenvalue weighted by Gasteiger charge is -2.38. The smallest absolute Gasteiger partial charge is 0.212 e. The number of benzene rings is 1. The number of fused-ring (bicyclic) bond motifs is 1. The van der Waals surface area contributed by atoms with Gasteiger partial charge in [0, 0.05) is 23.0 Å². The van der Waals surface area contributed by atoms with E-state index in [0.717, 1.165) is 40.7 Å². The molecule has 2 aromatic heterocycles. The zero-order chi connectivity index (χ0) is 18.1. The molecule has 0 spiro atoms. The number of ether oxygens (including phenoxy) is 1. The molecule has 1 fully saturated rings. The van der Waals surface area contributed by atoms with Gasteiger partial charge in [-0.05, 0) is 31.2 Å². The average Bonchev–Trinajstić information content (AvgIpc) is 2.66. The Kier molecular flexibility index (Phi) is 4.42. The molecule has 0 bridgehead atoms. The maximum Gasteiger partial charge on any atom is 0.212 e. The lowest BCUT2D eigenvalue weighted by Crippen LogP contribution is -2.36. The van der Waals surface area contributed by atoms with Crippen LogP contribution in [0.25, 0.3) is 10.8 Å². The molecule has 0 radical (unpaired) electrons. The standard InChI is InChI=1S/C20H22N4O2/c1-12-16-5-3-4-6-17(16)20(24-23-12)22-19(14-9-15(25)10-14)13-7-8-18(26-2)21-11-13/h3-8,11,14-15,19,25H,9-10H2,1-2H3,(H,22,24)/t14?,15?,19-/m0/s1. The van der Waals surface area contributed by atoms with Crippen LogP contribution in [0, 0.1) is 12.8 Å². The fourth-order valence-corrected chi connectivity index (χ4v) is 3.56. The van der Waals surface area contributed by atoms with Crippen molar-refractivity contribution in [3.05, 3.63) is 53.9 Å². The van der Waals surface area contributed by atoms with Crippen LogP contribution in [-0.4, -0.2) is 33.5 Å². The summed E-state index contributed by atoms with van der Waals surface area (Å²) in [6.07, 6.45) is 3.13. The average molecular weight is 350 g/mol. The van der Waals surface area contributed by atoms with Gasteiger partial charge in [0.2, 0.25) is 5.88 Å². The molecule has 26 heavy (non-hydrogen) atoms. The molecule has 1 aliphatic carbocycles. The molecule has 6 heteroatoms. The minimum atomic E-state index is -0.226. The first-order valence-corrected chi connectivity index (χ1v) is 8.82. The quantitative estimate of drug-likeness (QED) is 0.735. The van der Waals surface area contributed by atoms with E-state index in [2.05, 4.69) is 32.6 Å². The number of nitrogens with one attached hydrogen (secondary N) is 1. The molecule has 0 unspecified atom stereocenters. The van der Waals surface area contributed by atoms with Gasteiger partial charge in [-0.15, -0.1) is 5.10 Å². The Balaban J connectivity index is 1.70. The van der Waals surface area contributed by atoms with Crippen molar-refractivity contribution >= 4 is 16.6 Å². The van der Waals surface area contributed by atoms with Gasteiger partial charge in [0.25, 0.3) is 0 Å². The maximum atomic E-state index is 9.78. The first-order chi connectivity index (χ1) is 12.7. The number of nitrogens with zero attached hydrogens (tertiary/aromatic N) is 3. The van der Waals surface area contributed by atoms with Crippen molar-refractivity contribution in [2.75, 3.05) is 12.4 Å². The van der Waals surface area contributed by atoms with Crippen LogP contribution in [0.1, 0.15) is 30.1 Å². The van der Waals surface area contributed by atoms with Crippen LogP contribution < -0.4 is 10.1 Å². The third-order valence-corrected chi connectivity index (χ3v) is 5.11. The molecular formula is C20H22N4O2. The molecule has 1 atom stereocenters. The number of anilines is 1. The Morgan fingerprint density at radius 3 is 2.54 bits per heavy atom. The van der Waals surface area contributed by atoms with Crippen LogP contribution in [0.15, 0.2) is 42.6 Å². The summed E-state index contributed by atoms with van der Waals surface area (Å²) in [6.45, 7) is 1.96. The molecule has 2 N–H and O–H groups in total. The van der Waals surface area contributed by atoms with E-state index in [1.54, 1.807) is 7.11 Å². The van der Waals surface area contributed by atoms with Crippen LogP contribution in [0.5, 0.6) is 5.88 Å². The summed E-state index contributed by atoms with van der Waals surface area (Å²) >= 11 is 0. The van der Waals surface area contributed by atoms with E-state index in [1.807, 2.05) is 37.4 Å². The molecule has 0 amide bonds. The van der Waals surface area contributed by atoms with Gasteiger partial charge in [-0.25, -0.2) is 4.98 Å². The highest BCUT2D eigenvalue weighted by Crippen LogP contribution is 2.40. The number of rotatable bonds is 5. The number of pyridine rings is 1. The summed E-state index contributed by atoms with van der Waals surface area (Å²) in [6, 6.07) is 12.0.